The molecule has 0 fully saturated rings. The van der Waals surface area contributed by atoms with Crippen molar-refractivity contribution in [1.29, 1.82) is 0 Å². The van der Waals surface area contributed by atoms with Crippen molar-refractivity contribution >= 4 is 6.09 Å². The molecular formula is C25H43NO4. The van der Waals surface area contributed by atoms with E-state index in [-0.39, 0.29) is 6.09 Å². The number of rotatable bonds is 15. The fourth-order valence-electron chi connectivity index (χ4n) is 2.99. The van der Waals surface area contributed by atoms with Crippen LogP contribution < -0.4 is 4.74 Å². The fourth-order valence-corrected chi connectivity index (χ4v) is 2.99. The topological polar surface area (TPSA) is 48.0 Å². The van der Waals surface area contributed by atoms with Crippen molar-refractivity contribution in [3.63, 3.8) is 0 Å². The quantitative estimate of drug-likeness (QED) is 0.314. The zero-order chi connectivity index (χ0) is 22.2. The first-order valence-electron chi connectivity index (χ1n) is 11.6. The van der Waals surface area contributed by atoms with Crippen molar-refractivity contribution < 1.29 is 19.0 Å². The number of hydrogen-bond donors (Lipinski definition) is 0. The lowest BCUT2D eigenvalue weighted by Gasteiger charge is -2.24. The molecule has 0 unspecified atom stereocenters. The van der Waals surface area contributed by atoms with E-state index >= 15 is 0 Å². The van der Waals surface area contributed by atoms with E-state index in [0.717, 1.165) is 12.2 Å². The molecule has 172 valence electrons. The minimum absolute atomic E-state index is 0.334. The molecule has 1 amide bonds. The molecule has 0 saturated heterocycles. The van der Waals surface area contributed by atoms with Gasteiger partial charge in [-0.1, -0.05) is 57.6 Å². The average Bonchev–Trinajstić information content (AvgIpc) is 2.69. The van der Waals surface area contributed by atoms with Crippen LogP contribution >= 0.6 is 0 Å². The molecule has 30 heavy (non-hydrogen) atoms. The summed E-state index contributed by atoms with van der Waals surface area (Å²) in [5.74, 6) is 0.868. The number of amides is 1. The average molecular weight is 422 g/mol. The highest BCUT2D eigenvalue weighted by Crippen LogP contribution is 2.15. The van der Waals surface area contributed by atoms with Gasteiger partial charge >= 0.3 is 6.09 Å². The van der Waals surface area contributed by atoms with Crippen LogP contribution in [0.15, 0.2) is 24.3 Å². The first kappa shape index (κ1) is 26.3. The van der Waals surface area contributed by atoms with Crippen molar-refractivity contribution in [2.45, 2.75) is 84.7 Å². The second kappa shape index (κ2) is 15.1. The van der Waals surface area contributed by atoms with Crippen LogP contribution in [0.3, 0.4) is 0 Å². The number of unbranched alkanes of at least 4 members (excludes halogenated alkanes) is 6. The summed E-state index contributed by atoms with van der Waals surface area (Å²) in [4.78, 5) is 13.4. The summed E-state index contributed by atoms with van der Waals surface area (Å²) in [6.07, 6.45) is 10.2. The molecule has 1 aromatic carbocycles. The molecule has 0 spiro atoms. The van der Waals surface area contributed by atoms with E-state index in [2.05, 4.69) is 19.1 Å². The lowest BCUT2D eigenvalue weighted by Crippen LogP contribution is -2.36. The van der Waals surface area contributed by atoms with Gasteiger partial charge in [0.15, 0.2) is 0 Å². The largest absolute Gasteiger partial charge is 0.491 e. The summed E-state index contributed by atoms with van der Waals surface area (Å²) >= 11 is 0. The molecule has 1 aromatic rings. The molecule has 0 radical (unpaired) electrons. The zero-order valence-corrected chi connectivity index (χ0v) is 19.9. The predicted octanol–water partition coefficient (Wildman–Crippen LogP) is 6.24. The monoisotopic (exact) mass is 421 g/mol. The number of nitrogens with zero attached hydrogens (tertiary/aromatic N) is 1. The van der Waals surface area contributed by atoms with Gasteiger partial charge in [-0.15, -0.1) is 0 Å². The van der Waals surface area contributed by atoms with Gasteiger partial charge in [0.05, 0.1) is 13.2 Å². The van der Waals surface area contributed by atoms with Crippen molar-refractivity contribution in [3.8, 4) is 5.75 Å². The molecule has 1 rings (SSSR count). The summed E-state index contributed by atoms with van der Waals surface area (Å²) in [6, 6.07) is 8.38. The van der Waals surface area contributed by atoms with Crippen LogP contribution in [0.5, 0.6) is 5.75 Å². The van der Waals surface area contributed by atoms with Crippen LogP contribution in [0.4, 0.5) is 4.79 Å². The molecule has 0 saturated carbocycles. The molecule has 0 atom stereocenters. The molecule has 0 aliphatic rings. The third-order valence-corrected chi connectivity index (χ3v) is 4.76. The molecule has 0 aliphatic heterocycles. The summed E-state index contributed by atoms with van der Waals surface area (Å²) in [5, 5.41) is 0. The molecule has 5 nitrogen and oxygen atoms in total. The molecule has 0 aliphatic carbocycles. The smallest absolute Gasteiger partial charge is 0.410 e. The van der Waals surface area contributed by atoms with Gasteiger partial charge in [0.25, 0.3) is 0 Å². The van der Waals surface area contributed by atoms with E-state index in [1.165, 1.54) is 55.4 Å². The lowest BCUT2D eigenvalue weighted by molar-refractivity contribution is 0.0216. The fraction of sp³-hybridized carbons (Fsp3) is 0.720. The second-order valence-corrected chi connectivity index (χ2v) is 8.88. The summed E-state index contributed by atoms with van der Waals surface area (Å²) in [5.41, 5.74) is 0.890. The van der Waals surface area contributed by atoms with Crippen molar-refractivity contribution in [3.05, 3.63) is 29.8 Å². The van der Waals surface area contributed by atoms with E-state index < -0.39 is 5.60 Å². The Labute approximate surface area is 184 Å². The summed E-state index contributed by atoms with van der Waals surface area (Å²) < 4.78 is 16.6. The van der Waals surface area contributed by atoms with E-state index in [9.17, 15) is 4.79 Å². The minimum atomic E-state index is -0.482. The van der Waals surface area contributed by atoms with Gasteiger partial charge in [-0.25, -0.2) is 4.79 Å². The van der Waals surface area contributed by atoms with Gasteiger partial charge in [-0.05, 0) is 51.3 Å². The summed E-state index contributed by atoms with van der Waals surface area (Å²) in [6.45, 7) is 9.75. The number of benzene rings is 1. The zero-order valence-electron chi connectivity index (χ0n) is 19.9. The van der Waals surface area contributed by atoms with Crippen LogP contribution in [0, 0.1) is 0 Å². The van der Waals surface area contributed by atoms with Gasteiger partial charge in [-0.2, -0.15) is 0 Å². The van der Waals surface area contributed by atoms with E-state index in [0.29, 0.717) is 26.4 Å². The molecular weight excluding hydrogens is 378 g/mol. The number of carbonyl (C=O) groups excluding carboxylic acids is 1. The Morgan fingerprint density at radius 2 is 1.53 bits per heavy atom. The van der Waals surface area contributed by atoms with Gasteiger partial charge in [0, 0.05) is 13.6 Å². The number of aryl methyl sites for hydroxylation is 1. The van der Waals surface area contributed by atoms with Crippen LogP contribution in [-0.4, -0.2) is 50.0 Å². The predicted molar refractivity (Wildman–Crippen MR) is 123 cm³/mol. The summed E-state index contributed by atoms with van der Waals surface area (Å²) in [7, 11) is 1.71. The van der Waals surface area contributed by atoms with Crippen LogP contribution in [-0.2, 0) is 15.9 Å². The van der Waals surface area contributed by atoms with Crippen molar-refractivity contribution in [1.82, 2.24) is 4.90 Å². The number of likely N-dealkylation sites (N-methyl/N-ethyl adjacent to an activating group) is 1. The Morgan fingerprint density at radius 1 is 0.900 bits per heavy atom. The third-order valence-electron chi connectivity index (χ3n) is 4.76. The van der Waals surface area contributed by atoms with Crippen LogP contribution in [0.25, 0.3) is 0 Å². The number of ether oxygens (including phenoxy) is 3. The first-order chi connectivity index (χ1) is 14.3. The number of hydrogen-bond acceptors (Lipinski definition) is 4. The highest BCUT2D eigenvalue weighted by molar-refractivity contribution is 5.67. The molecule has 0 bridgehead atoms. The highest BCUT2D eigenvalue weighted by Gasteiger charge is 2.19. The van der Waals surface area contributed by atoms with Crippen LogP contribution in [0.2, 0.25) is 0 Å². The van der Waals surface area contributed by atoms with Gasteiger partial charge in [0.2, 0.25) is 0 Å². The molecule has 0 aromatic heterocycles. The van der Waals surface area contributed by atoms with Crippen molar-refractivity contribution in [2.24, 2.45) is 0 Å². The SMILES string of the molecule is CCCCCCCCCc1ccc(OCCOCCN(C)C(=O)OC(C)(C)C)cc1. The Balaban J connectivity index is 2.07. The van der Waals surface area contributed by atoms with Gasteiger partial charge < -0.3 is 19.1 Å². The first-order valence-corrected chi connectivity index (χ1v) is 11.6. The van der Waals surface area contributed by atoms with Crippen molar-refractivity contribution in [2.75, 3.05) is 33.4 Å². The van der Waals surface area contributed by atoms with Gasteiger partial charge in [0.1, 0.15) is 18.0 Å². The Hall–Kier alpha value is -1.75. The molecule has 0 N–H and O–H groups in total. The Morgan fingerprint density at radius 3 is 2.17 bits per heavy atom. The minimum Gasteiger partial charge on any atom is -0.491 e. The molecule has 0 heterocycles. The lowest BCUT2D eigenvalue weighted by atomic mass is 10.0. The molecule has 5 heteroatoms. The van der Waals surface area contributed by atoms with Crippen LogP contribution in [0.1, 0.15) is 78.2 Å². The Kier molecular flexibility index (Phi) is 13.2. The second-order valence-electron chi connectivity index (χ2n) is 8.88. The van der Waals surface area contributed by atoms with E-state index in [4.69, 9.17) is 14.2 Å². The number of carbonyl (C=O) groups is 1. The highest BCUT2D eigenvalue weighted by atomic mass is 16.6. The third kappa shape index (κ3) is 13.5. The van der Waals surface area contributed by atoms with Gasteiger partial charge in [-0.3, -0.25) is 0 Å². The van der Waals surface area contributed by atoms with E-state index in [1.54, 1.807) is 7.05 Å². The maximum Gasteiger partial charge on any atom is 0.410 e. The van der Waals surface area contributed by atoms with E-state index in [1.807, 2.05) is 32.9 Å². The normalized spacial score (nSPS) is 11.4. The maximum atomic E-state index is 11.9. The maximum absolute atomic E-state index is 11.9. The Bertz CT molecular complexity index is 566. The standard InChI is InChI=1S/C25H43NO4/c1-6-7-8-9-10-11-12-13-22-14-16-23(17-15-22)29-21-20-28-19-18-26(5)24(27)30-25(2,3)4/h14-17H,6-13,18-21H2,1-5H3.